The summed E-state index contributed by atoms with van der Waals surface area (Å²) in [5, 5.41) is 2.97. The number of aromatic nitrogens is 5. The van der Waals surface area contributed by atoms with E-state index in [4.69, 9.17) is 0 Å². The van der Waals surface area contributed by atoms with Crippen LogP contribution in [0.25, 0.3) is 17.0 Å². The van der Waals surface area contributed by atoms with Crippen molar-refractivity contribution in [2.45, 2.75) is 58.8 Å². The highest BCUT2D eigenvalue weighted by Crippen LogP contribution is 2.35. The molecule has 0 aliphatic carbocycles. The molecule has 1 atom stereocenters. The van der Waals surface area contributed by atoms with Crippen molar-refractivity contribution in [2.75, 3.05) is 0 Å². The summed E-state index contributed by atoms with van der Waals surface area (Å²) in [5.74, 6) is -0.588. The van der Waals surface area contributed by atoms with Gasteiger partial charge < -0.3 is 9.88 Å². The van der Waals surface area contributed by atoms with Gasteiger partial charge in [0.05, 0.1) is 17.3 Å². The van der Waals surface area contributed by atoms with Gasteiger partial charge in [-0.25, -0.2) is 15.0 Å². The monoisotopic (exact) mass is 496 g/mol. The van der Waals surface area contributed by atoms with Crippen LogP contribution in [-0.2, 0) is 32.4 Å². The van der Waals surface area contributed by atoms with Gasteiger partial charge in [-0.15, -0.1) is 0 Å². The fourth-order valence-electron chi connectivity index (χ4n) is 4.60. The number of fused-ring (bicyclic) bond motifs is 2. The summed E-state index contributed by atoms with van der Waals surface area (Å²) in [6.45, 7) is 4.62. The Morgan fingerprint density at radius 2 is 1.86 bits per heavy atom. The minimum absolute atomic E-state index is 0.0764. The molecule has 5 rings (SSSR count). The van der Waals surface area contributed by atoms with E-state index in [9.17, 15) is 18.0 Å². The second kappa shape index (κ2) is 9.40. The van der Waals surface area contributed by atoms with Crippen molar-refractivity contribution >= 4 is 11.7 Å². The lowest BCUT2D eigenvalue weighted by atomic mass is 9.97. The molecule has 1 amide bonds. The molecule has 1 N–H and O–H groups in total. The number of carbonyl (C=O) groups is 1. The van der Waals surface area contributed by atoms with Crippen molar-refractivity contribution in [2.24, 2.45) is 5.92 Å². The molecule has 1 aromatic carbocycles. The molecule has 4 heterocycles. The minimum Gasteiger partial charge on any atom is -0.347 e. The molecule has 1 aliphatic heterocycles. The third kappa shape index (κ3) is 4.59. The molecule has 0 unspecified atom stereocenters. The lowest BCUT2D eigenvalue weighted by molar-refractivity contribution is -0.179. The fraction of sp³-hybridized carbons (Fsp3) is 0.385. The van der Waals surface area contributed by atoms with E-state index >= 15 is 0 Å². The number of benzene rings is 1. The second-order valence-corrected chi connectivity index (χ2v) is 9.09. The number of aryl methyl sites for hydroxylation is 3. The first kappa shape index (κ1) is 24.0. The number of rotatable bonds is 6. The van der Waals surface area contributed by atoms with Gasteiger partial charge in [-0.3, -0.25) is 9.20 Å². The van der Waals surface area contributed by atoms with Gasteiger partial charge in [-0.2, -0.15) is 13.2 Å². The Labute approximate surface area is 206 Å². The van der Waals surface area contributed by atoms with Crippen molar-refractivity contribution in [3.05, 3.63) is 71.2 Å². The highest BCUT2D eigenvalue weighted by Gasteiger charge is 2.41. The zero-order chi connectivity index (χ0) is 25.4. The molecular weight excluding hydrogens is 469 g/mol. The van der Waals surface area contributed by atoms with E-state index in [-0.39, 0.29) is 18.7 Å². The van der Waals surface area contributed by atoms with E-state index < -0.39 is 12.1 Å². The first-order valence-corrected chi connectivity index (χ1v) is 12.1. The molecule has 0 saturated carbocycles. The average Bonchev–Trinajstić information content (AvgIpc) is 3.47. The van der Waals surface area contributed by atoms with Gasteiger partial charge in [-0.1, -0.05) is 38.1 Å². The third-order valence-corrected chi connectivity index (χ3v) is 6.74. The minimum atomic E-state index is -4.20. The van der Waals surface area contributed by atoms with Crippen LogP contribution in [0.15, 0.2) is 42.9 Å². The van der Waals surface area contributed by atoms with Crippen LogP contribution in [0, 0.1) is 5.92 Å². The summed E-state index contributed by atoms with van der Waals surface area (Å²) in [5.41, 5.74) is 4.58. The Morgan fingerprint density at radius 1 is 1.08 bits per heavy atom. The van der Waals surface area contributed by atoms with Crippen molar-refractivity contribution < 1.29 is 18.0 Å². The lowest BCUT2D eigenvalue weighted by Crippen LogP contribution is -2.31. The Kier molecular flexibility index (Phi) is 6.27. The first-order chi connectivity index (χ1) is 17.3. The molecule has 1 aliphatic rings. The van der Waals surface area contributed by atoms with Crippen LogP contribution < -0.4 is 5.32 Å². The lowest BCUT2D eigenvalue weighted by Gasteiger charge is -2.25. The third-order valence-electron chi connectivity index (χ3n) is 6.74. The molecule has 0 fully saturated rings. The predicted molar refractivity (Wildman–Crippen MR) is 128 cm³/mol. The van der Waals surface area contributed by atoms with Crippen molar-refractivity contribution in [3.8, 4) is 11.3 Å². The first-order valence-electron chi connectivity index (χ1n) is 12.1. The normalized spacial score (nSPS) is 15.8. The fourth-order valence-corrected chi connectivity index (χ4v) is 4.60. The number of nitrogens with zero attached hydrogens (tertiary/aromatic N) is 5. The molecule has 0 bridgehead atoms. The maximum atomic E-state index is 13.1. The number of halogens is 3. The quantitative estimate of drug-likeness (QED) is 0.417. The van der Waals surface area contributed by atoms with Gasteiger partial charge in [0.2, 0.25) is 5.78 Å². The maximum Gasteiger partial charge on any atom is 0.392 e. The molecule has 0 spiro atoms. The number of nitrogens with one attached hydrogen (secondary N) is 1. The number of amides is 1. The molecule has 36 heavy (non-hydrogen) atoms. The predicted octanol–water partition coefficient (Wildman–Crippen LogP) is 4.77. The van der Waals surface area contributed by atoms with Gasteiger partial charge >= 0.3 is 6.18 Å². The molecular formula is C26H27F3N6O. The summed E-state index contributed by atoms with van der Waals surface area (Å²) < 4.78 is 42.9. The van der Waals surface area contributed by atoms with Crippen LogP contribution in [0.1, 0.15) is 53.4 Å². The average molecular weight is 497 g/mol. The largest absolute Gasteiger partial charge is 0.392 e. The molecule has 188 valence electrons. The van der Waals surface area contributed by atoms with Crippen LogP contribution in [0.3, 0.4) is 0 Å². The van der Waals surface area contributed by atoms with Crippen molar-refractivity contribution in [3.63, 3.8) is 0 Å². The van der Waals surface area contributed by atoms with Crippen molar-refractivity contribution in [1.29, 1.82) is 0 Å². The summed E-state index contributed by atoms with van der Waals surface area (Å²) in [6.07, 6.45) is 2.70. The van der Waals surface area contributed by atoms with Crippen LogP contribution in [0.5, 0.6) is 0 Å². The Hall–Kier alpha value is -3.69. The topological polar surface area (TPSA) is 77.1 Å². The van der Waals surface area contributed by atoms with Gasteiger partial charge in [0.25, 0.3) is 5.91 Å². The van der Waals surface area contributed by atoms with Gasteiger partial charge in [0.15, 0.2) is 0 Å². The number of imidazole rings is 2. The summed E-state index contributed by atoms with van der Waals surface area (Å²) >= 11 is 0. The van der Waals surface area contributed by atoms with E-state index in [1.165, 1.54) is 0 Å². The van der Waals surface area contributed by atoms with E-state index in [0.717, 1.165) is 23.1 Å². The Balaban J connectivity index is 1.28. The van der Waals surface area contributed by atoms with Crippen LogP contribution >= 0.6 is 0 Å². The van der Waals surface area contributed by atoms with E-state index in [0.29, 0.717) is 48.2 Å². The number of hydrogen-bond donors (Lipinski definition) is 1. The maximum absolute atomic E-state index is 13.1. The Bertz CT molecular complexity index is 1400. The molecule has 0 radical (unpaired) electrons. The summed E-state index contributed by atoms with van der Waals surface area (Å²) in [4.78, 5) is 26.4. The SMILES string of the molecule is CCc1cnc2nc(CC)c(C(=O)NCc3ccc(-c4cn5c(n4)C[C@H](C(F)(F)F)CC5)cc3)n2c1. The smallest absolute Gasteiger partial charge is 0.347 e. The standard InChI is InChI=1S/C26H27F3N6O/c1-3-16-12-31-25-33-20(4-2)23(35(25)14-16)24(36)30-13-17-5-7-18(8-6-17)21-15-34-10-9-19(26(27,28)29)11-22(34)32-21/h5-8,12,14-15,19H,3-4,9-11,13H2,1-2H3,(H,30,36)/t19-/m1/s1. The summed E-state index contributed by atoms with van der Waals surface area (Å²) in [7, 11) is 0. The molecule has 7 nitrogen and oxygen atoms in total. The van der Waals surface area contributed by atoms with Crippen LogP contribution in [0.2, 0.25) is 0 Å². The van der Waals surface area contributed by atoms with Crippen LogP contribution in [0.4, 0.5) is 13.2 Å². The number of hydrogen-bond acceptors (Lipinski definition) is 4. The highest BCUT2D eigenvalue weighted by molar-refractivity contribution is 5.94. The van der Waals surface area contributed by atoms with Gasteiger partial charge in [0, 0.05) is 43.7 Å². The van der Waals surface area contributed by atoms with Gasteiger partial charge in [0.1, 0.15) is 11.5 Å². The number of carbonyl (C=O) groups excluding carboxylic acids is 1. The molecule has 10 heteroatoms. The molecule has 4 aromatic rings. The summed E-state index contributed by atoms with van der Waals surface area (Å²) in [6, 6.07) is 7.53. The van der Waals surface area contributed by atoms with E-state index in [1.807, 2.05) is 55.1 Å². The van der Waals surface area contributed by atoms with E-state index in [2.05, 4.69) is 20.3 Å². The molecule has 0 saturated heterocycles. The zero-order valence-electron chi connectivity index (χ0n) is 20.1. The van der Waals surface area contributed by atoms with Crippen LogP contribution in [-0.4, -0.2) is 36.0 Å². The number of alkyl halides is 3. The van der Waals surface area contributed by atoms with Gasteiger partial charge in [-0.05, 0) is 30.4 Å². The van der Waals surface area contributed by atoms with E-state index in [1.54, 1.807) is 10.6 Å². The highest BCUT2D eigenvalue weighted by atomic mass is 19.4. The van der Waals surface area contributed by atoms with Crippen molar-refractivity contribution in [1.82, 2.24) is 29.2 Å². The molecule has 3 aromatic heterocycles. The second-order valence-electron chi connectivity index (χ2n) is 9.09. The Morgan fingerprint density at radius 3 is 2.56 bits per heavy atom. The zero-order valence-corrected chi connectivity index (χ0v) is 20.1.